The normalized spacial score (nSPS) is 9.67. The summed E-state index contributed by atoms with van der Waals surface area (Å²) in [7, 11) is -10.1. The molecule has 0 aromatic heterocycles. The Morgan fingerprint density at radius 1 is 0.917 bits per heavy atom. The van der Waals surface area contributed by atoms with Crippen LogP contribution in [0.3, 0.4) is 0 Å². The molecule has 0 aromatic rings. The van der Waals surface area contributed by atoms with E-state index in [4.69, 9.17) is 35.0 Å². The molecule has 12 heteroatoms. The molecule has 0 saturated heterocycles. The Balaban J connectivity index is -0.0000000457. The fourth-order valence-corrected chi connectivity index (χ4v) is 0. The Morgan fingerprint density at radius 2 is 0.917 bits per heavy atom. The molecule has 0 aliphatic rings. The smallest absolute Gasteiger partial charge is 0.759 e. The quantitative estimate of drug-likeness (QED) is 0.283. The van der Waals surface area contributed by atoms with Crippen LogP contribution < -0.4 is 0 Å². The van der Waals surface area contributed by atoms with Gasteiger partial charge >= 0.3 is 17.1 Å². The zero-order valence-corrected chi connectivity index (χ0v) is 8.34. The van der Waals surface area contributed by atoms with Crippen molar-refractivity contribution in [1.82, 2.24) is 0 Å². The number of hydrogen-bond acceptors (Lipinski definition) is 7. The van der Waals surface area contributed by atoms with Crippen molar-refractivity contribution in [3.05, 3.63) is 0 Å². The number of rotatable bonds is 0. The standard InChI is InChI=1S/ClH2.Cu.2H2O4S/c;;2*1-5(2,3)4/h1H2;;2*(H2,1,2,3,4)/q+1;+2;;/p-3. The van der Waals surface area contributed by atoms with Crippen LogP contribution in [0.5, 0.6) is 0 Å². The van der Waals surface area contributed by atoms with Crippen LogP contribution in [0.15, 0.2) is 0 Å². The third-order valence-corrected chi connectivity index (χ3v) is 0. The van der Waals surface area contributed by atoms with E-state index in [1.165, 1.54) is 0 Å². The Labute approximate surface area is 85.4 Å². The minimum atomic E-state index is -5.17. The van der Waals surface area contributed by atoms with Crippen LogP contribution in [0.1, 0.15) is 0 Å². The average molecular weight is 294 g/mol. The van der Waals surface area contributed by atoms with E-state index in [0.717, 1.165) is 0 Å². The molecule has 12 heavy (non-hydrogen) atoms. The molecular formula is H3ClCuO8S2. The summed E-state index contributed by atoms with van der Waals surface area (Å²) in [5.41, 5.74) is 0. The van der Waals surface area contributed by atoms with Gasteiger partial charge in [-0.05, 0) is 0 Å². The van der Waals surface area contributed by atoms with E-state index in [2.05, 4.69) is 0 Å². The van der Waals surface area contributed by atoms with Crippen molar-refractivity contribution in [2.24, 2.45) is 0 Å². The van der Waals surface area contributed by atoms with Crippen LogP contribution in [0.25, 0.3) is 0 Å². The van der Waals surface area contributed by atoms with Crippen LogP contribution in [-0.4, -0.2) is 35.0 Å². The van der Waals surface area contributed by atoms with E-state index in [9.17, 15) is 0 Å². The first-order valence-electron chi connectivity index (χ1n) is 1.35. The molecular weight excluding hydrogens is 291 g/mol. The first-order valence-corrected chi connectivity index (χ1v) is 4.05. The molecule has 0 fully saturated rings. The van der Waals surface area contributed by atoms with Gasteiger partial charge < -0.3 is 13.7 Å². The summed E-state index contributed by atoms with van der Waals surface area (Å²) < 4.78 is 66.9. The van der Waals surface area contributed by atoms with Gasteiger partial charge in [0, 0.05) is 10.4 Å². The van der Waals surface area contributed by atoms with Gasteiger partial charge in [0.05, 0.1) is 12.4 Å². The first kappa shape index (κ1) is 22.9. The Morgan fingerprint density at radius 3 is 0.917 bits per heavy atom. The second kappa shape index (κ2) is 8.16. The first-order chi connectivity index (χ1) is 4.00. The third kappa shape index (κ3) is 3190. The summed E-state index contributed by atoms with van der Waals surface area (Å²) in [6, 6.07) is 0. The maximum atomic E-state index is 8.63. The molecule has 0 unspecified atom stereocenters. The minimum Gasteiger partial charge on any atom is -0.759 e. The zero-order chi connectivity index (χ0) is 9.00. The van der Waals surface area contributed by atoms with Gasteiger partial charge in [-0.25, -0.2) is 8.42 Å². The van der Waals surface area contributed by atoms with Crippen molar-refractivity contribution in [3.63, 3.8) is 0 Å². The zero-order valence-electron chi connectivity index (χ0n) is 4.87. The van der Waals surface area contributed by atoms with Gasteiger partial charge in [0.1, 0.15) is 0 Å². The summed E-state index contributed by atoms with van der Waals surface area (Å²) in [5.74, 6) is 0. The van der Waals surface area contributed by atoms with Gasteiger partial charge in [-0.2, -0.15) is 0 Å². The van der Waals surface area contributed by atoms with Gasteiger partial charge in [0.2, 0.25) is 10.4 Å². The van der Waals surface area contributed by atoms with Gasteiger partial charge in [-0.15, -0.1) is 0 Å². The molecule has 1 radical (unpaired) electrons. The van der Waals surface area contributed by atoms with Crippen LogP contribution in [-0.2, 0) is 37.9 Å². The fourth-order valence-electron chi connectivity index (χ4n) is 0. The van der Waals surface area contributed by atoms with Crippen LogP contribution in [0, 0.1) is 12.4 Å². The second-order valence-corrected chi connectivity index (χ2v) is 2.51. The maximum absolute atomic E-state index is 8.63. The summed E-state index contributed by atoms with van der Waals surface area (Å²) >= 11 is 0. The number of halogens is 1. The van der Waals surface area contributed by atoms with Gasteiger partial charge in [0.25, 0.3) is 0 Å². The number of hydrogen-bond donors (Lipinski definition) is 1. The molecule has 0 aliphatic heterocycles. The Bertz CT molecular complexity index is 213. The van der Waals surface area contributed by atoms with E-state index in [0.29, 0.717) is 0 Å². The summed E-state index contributed by atoms with van der Waals surface area (Å²) in [5, 5.41) is 0. The largest absolute Gasteiger partial charge is 2.00 e. The maximum Gasteiger partial charge on any atom is 2.00 e. The fraction of sp³-hybridized carbons (Fsp3) is 0. The van der Waals surface area contributed by atoms with E-state index >= 15 is 0 Å². The monoisotopic (exact) mass is 293 g/mol. The van der Waals surface area contributed by atoms with Crippen molar-refractivity contribution >= 4 is 20.8 Å². The van der Waals surface area contributed by atoms with E-state index in [-0.39, 0.29) is 29.5 Å². The van der Waals surface area contributed by atoms with Crippen molar-refractivity contribution in [2.75, 3.05) is 0 Å². The molecule has 0 aromatic carbocycles. The van der Waals surface area contributed by atoms with Crippen molar-refractivity contribution in [3.8, 4) is 0 Å². The third-order valence-electron chi connectivity index (χ3n) is 0. The molecule has 0 atom stereocenters. The van der Waals surface area contributed by atoms with Crippen molar-refractivity contribution in [2.45, 2.75) is 0 Å². The molecule has 0 bridgehead atoms. The molecule has 0 amide bonds. The predicted octanol–water partition coefficient (Wildman–Crippen LogP) is -2.87. The molecule has 81 valence electrons. The Kier molecular flexibility index (Phi) is 15.6. The molecule has 0 spiro atoms. The average Bonchev–Trinajstić information content (AvgIpc) is 1.12. The molecule has 1 N–H and O–H groups in total. The minimum absolute atomic E-state index is 0. The second-order valence-electron chi connectivity index (χ2n) is 0.836. The molecule has 8 nitrogen and oxygen atoms in total. The summed E-state index contributed by atoms with van der Waals surface area (Å²) in [6.07, 6.45) is 0. The van der Waals surface area contributed by atoms with E-state index < -0.39 is 20.8 Å². The van der Waals surface area contributed by atoms with E-state index in [1.54, 1.807) is 0 Å². The molecule has 0 rings (SSSR count). The summed E-state index contributed by atoms with van der Waals surface area (Å²) in [6.45, 7) is 0. The van der Waals surface area contributed by atoms with Crippen LogP contribution in [0.2, 0.25) is 0 Å². The van der Waals surface area contributed by atoms with Crippen molar-refractivity contribution < 1.29 is 64.5 Å². The topological polar surface area (TPSA) is 158 Å². The molecule has 0 heterocycles. The SMILES string of the molecule is O=S(=O)([O-])O.O=S(=O)([O-])[O-].[ClH2+].[Cu+2]. The van der Waals surface area contributed by atoms with Gasteiger partial charge in [-0.1, -0.05) is 0 Å². The van der Waals surface area contributed by atoms with Crippen molar-refractivity contribution in [1.29, 1.82) is 0 Å². The summed E-state index contributed by atoms with van der Waals surface area (Å²) in [4.78, 5) is 0. The molecule has 0 aliphatic carbocycles. The predicted molar refractivity (Wildman–Crippen MR) is 25.6 cm³/mol. The van der Waals surface area contributed by atoms with Gasteiger partial charge in [-0.3, -0.25) is 13.0 Å². The van der Waals surface area contributed by atoms with Gasteiger partial charge in [0.15, 0.2) is 0 Å². The van der Waals surface area contributed by atoms with Crippen LogP contribution >= 0.6 is 0 Å². The van der Waals surface area contributed by atoms with Crippen LogP contribution in [0.4, 0.5) is 0 Å². The molecule has 0 saturated carbocycles. The Hall–Kier alpha value is 0.549. The van der Waals surface area contributed by atoms with E-state index in [1.807, 2.05) is 0 Å².